The first kappa shape index (κ1) is 17.5. The average Bonchev–Trinajstić information content (AvgIpc) is 3.33. The van der Waals surface area contributed by atoms with E-state index in [0.717, 1.165) is 15.8 Å². The summed E-state index contributed by atoms with van der Waals surface area (Å²) in [5.41, 5.74) is 3.68. The molecule has 1 amide bonds. The van der Waals surface area contributed by atoms with Gasteiger partial charge in [-0.1, -0.05) is 11.2 Å². The number of fused-ring (bicyclic) bond motifs is 2. The molecule has 4 aromatic heterocycles. The summed E-state index contributed by atoms with van der Waals surface area (Å²) in [6.07, 6.45) is 1.73. The minimum atomic E-state index is -0.241. The molecule has 0 radical (unpaired) electrons. The quantitative estimate of drug-likeness (QED) is 0.440. The van der Waals surface area contributed by atoms with E-state index in [4.69, 9.17) is 4.52 Å². The fourth-order valence-electron chi connectivity index (χ4n) is 3.37. The highest BCUT2D eigenvalue weighted by Gasteiger charge is 2.20. The second-order valence-corrected chi connectivity index (χ2v) is 8.03. The van der Waals surface area contributed by atoms with E-state index in [1.165, 1.54) is 4.88 Å². The summed E-state index contributed by atoms with van der Waals surface area (Å²) < 4.78 is 5.38. The molecule has 5 rings (SSSR count). The Morgan fingerprint density at radius 1 is 1.10 bits per heavy atom. The van der Waals surface area contributed by atoms with Crippen molar-refractivity contribution >= 4 is 44.9 Å². The molecule has 0 aliphatic carbocycles. The summed E-state index contributed by atoms with van der Waals surface area (Å²) in [6.45, 7) is 3.84. The molecule has 0 saturated carbocycles. The van der Waals surface area contributed by atoms with Gasteiger partial charge in [0.05, 0.1) is 38.4 Å². The molecule has 6 nitrogen and oxygen atoms in total. The first-order valence-electron chi connectivity index (χ1n) is 9.09. The summed E-state index contributed by atoms with van der Waals surface area (Å²) in [5.74, 6) is -0.241. The molecule has 0 bridgehead atoms. The van der Waals surface area contributed by atoms with E-state index in [0.29, 0.717) is 33.7 Å². The zero-order valence-corrected chi connectivity index (χ0v) is 16.6. The van der Waals surface area contributed by atoms with Gasteiger partial charge in [0.15, 0.2) is 0 Å². The minimum Gasteiger partial charge on any atom is -0.335 e. The molecule has 0 atom stereocenters. The molecule has 5 aromatic rings. The molecule has 0 fully saturated rings. The van der Waals surface area contributed by atoms with Crippen molar-refractivity contribution in [3.63, 3.8) is 0 Å². The number of nitrogens with zero attached hydrogens (tertiary/aromatic N) is 3. The van der Waals surface area contributed by atoms with Crippen molar-refractivity contribution in [1.29, 1.82) is 0 Å². The SMILES string of the molecule is Cc1ccc(-c2cc(C(=O)Nc3cccc4ncccc34)c3c(C)noc3n2)s1. The lowest BCUT2D eigenvalue weighted by Gasteiger charge is -2.10. The number of pyridine rings is 2. The Balaban J connectivity index is 1.63. The fourth-order valence-corrected chi connectivity index (χ4v) is 4.20. The van der Waals surface area contributed by atoms with Gasteiger partial charge in [0, 0.05) is 16.5 Å². The Morgan fingerprint density at radius 3 is 2.83 bits per heavy atom. The molecule has 0 aliphatic heterocycles. The maximum absolute atomic E-state index is 13.3. The number of anilines is 1. The van der Waals surface area contributed by atoms with E-state index in [1.807, 2.05) is 49.4 Å². The summed E-state index contributed by atoms with van der Waals surface area (Å²) in [6, 6.07) is 15.3. The number of aromatic nitrogens is 3. The number of benzene rings is 1. The molecule has 4 heterocycles. The maximum Gasteiger partial charge on any atom is 0.259 e. The predicted octanol–water partition coefficient (Wildman–Crippen LogP) is 5.37. The third kappa shape index (κ3) is 3.05. The van der Waals surface area contributed by atoms with Crippen LogP contribution in [0.5, 0.6) is 0 Å². The van der Waals surface area contributed by atoms with Crippen LogP contribution in [0.1, 0.15) is 20.9 Å². The molecule has 1 aromatic carbocycles. The highest BCUT2D eigenvalue weighted by molar-refractivity contribution is 7.15. The van der Waals surface area contributed by atoms with Crippen molar-refractivity contribution in [2.75, 3.05) is 5.32 Å². The molecule has 0 saturated heterocycles. The third-order valence-electron chi connectivity index (χ3n) is 4.75. The summed E-state index contributed by atoms with van der Waals surface area (Å²) in [5, 5.41) is 8.54. The van der Waals surface area contributed by atoms with Gasteiger partial charge in [-0.2, -0.15) is 0 Å². The van der Waals surface area contributed by atoms with Crippen molar-refractivity contribution in [1.82, 2.24) is 15.1 Å². The lowest BCUT2D eigenvalue weighted by atomic mass is 10.1. The van der Waals surface area contributed by atoms with Crippen molar-refractivity contribution in [3.8, 4) is 10.6 Å². The van der Waals surface area contributed by atoms with Crippen LogP contribution in [-0.4, -0.2) is 21.0 Å². The smallest absolute Gasteiger partial charge is 0.259 e. The zero-order chi connectivity index (χ0) is 20.0. The van der Waals surface area contributed by atoms with Crippen LogP contribution in [-0.2, 0) is 0 Å². The van der Waals surface area contributed by atoms with Gasteiger partial charge >= 0.3 is 0 Å². The predicted molar refractivity (Wildman–Crippen MR) is 114 cm³/mol. The Labute approximate surface area is 170 Å². The number of carbonyl (C=O) groups excluding carboxylic acids is 1. The number of rotatable bonds is 3. The van der Waals surface area contributed by atoms with Gasteiger partial charge < -0.3 is 9.84 Å². The topological polar surface area (TPSA) is 80.9 Å². The van der Waals surface area contributed by atoms with Crippen LogP contribution in [0.3, 0.4) is 0 Å². The first-order valence-corrected chi connectivity index (χ1v) is 9.91. The van der Waals surface area contributed by atoms with Crippen molar-refractivity contribution in [2.45, 2.75) is 13.8 Å². The Kier molecular flexibility index (Phi) is 4.10. The van der Waals surface area contributed by atoms with Crippen LogP contribution < -0.4 is 5.32 Å². The lowest BCUT2D eigenvalue weighted by molar-refractivity contribution is 0.102. The van der Waals surface area contributed by atoms with E-state index in [-0.39, 0.29) is 5.91 Å². The van der Waals surface area contributed by atoms with E-state index in [2.05, 4.69) is 20.4 Å². The largest absolute Gasteiger partial charge is 0.335 e. The molecule has 0 aliphatic rings. The Hall–Kier alpha value is -3.58. The molecular weight excluding hydrogens is 384 g/mol. The molecular formula is C22H16N4O2S. The summed E-state index contributed by atoms with van der Waals surface area (Å²) in [4.78, 5) is 24.4. The van der Waals surface area contributed by atoms with Gasteiger partial charge in [0.25, 0.3) is 11.6 Å². The van der Waals surface area contributed by atoms with Crippen LogP contribution in [0.2, 0.25) is 0 Å². The highest BCUT2D eigenvalue weighted by atomic mass is 32.1. The Morgan fingerprint density at radius 2 is 2.00 bits per heavy atom. The normalized spacial score (nSPS) is 11.2. The van der Waals surface area contributed by atoms with E-state index >= 15 is 0 Å². The number of nitrogens with one attached hydrogen (secondary N) is 1. The molecule has 0 unspecified atom stereocenters. The van der Waals surface area contributed by atoms with Gasteiger partial charge in [-0.15, -0.1) is 11.3 Å². The molecule has 29 heavy (non-hydrogen) atoms. The monoisotopic (exact) mass is 400 g/mol. The van der Waals surface area contributed by atoms with Gasteiger partial charge in [0.2, 0.25) is 0 Å². The first-order chi connectivity index (χ1) is 14.1. The van der Waals surface area contributed by atoms with Gasteiger partial charge in [-0.25, -0.2) is 4.98 Å². The number of thiophene rings is 1. The highest BCUT2D eigenvalue weighted by Crippen LogP contribution is 2.32. The van der Waals surface area contributed by atoms with Crippen LogP contribution in [0.4, 0.5) is 5.69 Å². The van der Waals surface area contributed by atoms with Crippen LogP contribution >= 0.6 is 11.3 Å². The molecule has 0 spiro atoms. The van der Waals surface area contributed by atoms with E-state index in [1.54, 1.807) is 30.5 Å². The molecule has 1 N–H and O–H groups in total. The number of hydrogen-bond donors (Lipinski definition) is 1. The maximum atomic E-state index is 13.3. The second kappa shape index (κ2) is 6.79. The average molecular weight is 400 g/mol. The van der Waals surface area contributed by atoms with Crippen LogP contribution in [0, 0.1) is 13.8 Å². The van der Waals surface area contributed by atoms with Crippen molar-refractivity contribution in [2.24, 2.45) is 0 Å². The third-order valence-corrected chi connectivity index (χ3v) is 5.77. The van der Waals surface area contributed by atoms with Crippen molar-refractivity contribution < 1.29 is 9.32 Å². The zero-order valence-electron chi connectivity index (χ0n) is 15.8. The lowest BCUT2D eigenvalue weighted by Crippen LogP contribution is -2.13. The Bertz CT molecular complexity index is 1380. The second-order valence-electron chi connectivity index (χ2n) is 6.74. The van der Waals surface area contributed by atoms with Crippen LogP contribution in [0.15, 0.2) is 59.3 Å². The standard InChI is InChI=1S/C22H16N4O2S/c1-12-8-9-19(29-12)18-11-15(20-13(2)26-28-22(20)25-18)21(27)24-17-7-3-6-16-14(17)5-4-10-23-16/h3-11H,1-2H3,(H,24,27). The van der Waals surface area contributed by atoms with E-state index in [9.17, 15) is 4.79 Å². The molecule has 7 heteroatoms. The van der Waals surface area contributed by atoms with Gasteiger partial charge in [0.1, 0.15) is 0 Å². The number of hydrogen-bond acceptors (Lipinski definition) is 6. The number of aryl methyl sites for hydroxylation is 2. The molecule has 142 valence electrons. The minimum absolute atomic E-state index is 0.241. The van der Waals surface area contributed by atoms with Crippen molar-refractivity contribution in [3.05, 3.63) is 70.9 Å². The van der Waals surface area contributed by atoms with E-state index < -0.39 is 0 Å². The van der Waals surface area contributed by atoms with Gasteiger partial charge in [-0.3, -0.25) is 9.78 Å². The fraction of sp³-hybridized carbons (Fsp3) is 0.0909. The summed E-state index contributed by atoms with van der Waals surface area (Å²) in [7, 11) is 0. The van der Waals surface area contributed by atoms with Gasteiger partial charge in [-0.05, 0) is 56.3 Å². The number of carbonyl (C=O) groups is 1. The number of amides is 1. The summed E-state index contributed by atoms with van der Waals surface area (Å²) >= 11 is 1.62. The van der Waals surface area contributed by atoms with Crippen LogP contribution in [0.25, 0.3) is 32.6 Å².